The van der Waals surface area contributed by atoms with Crippen LogP contribution in [0.3, 0.4) is 0 Å². The average Bonchev–Trinajstić information content (AvgIpc) is 3.24. The summed E-state index contributed by atoms with van der Waals surface area (Å²) in [5, 5.41) is 0. The molecule has 0 heterocycles. The number of methoxy groups -OCH3 is 1. The molecule has 1 fully saturated rings. The molecule has 1 unspecified atom stereocenters. The van der Waals surface area contributed by atoms with Gasteiger partial charge in [0.05, 0.1) is 0 Å². The summed E-state index contributed by atoms with van der Waals surface area (Å²) in [7, 11) is 3.42. The molecular formula is C20H38N2O3. The molecule has 0 aromatic rings. The lowest BCUT2D eigenvalue weighted by Crippen LogP contribution is -2.47. The number of ether oxygens (including phenoxy) is 1. The van der Waals surface area contributed by atoms with E-state index >= 15 is 0 Å². The van der Waals surface area contributed by atoms with E-state index in [4.69, 9.17) is 4.74 Å². The van der Waals surface area contributed by atoms with Crippen molar-refractivity contribution in [1.82, 2.24) is 9.80 Å². The molecular weight excluding hydrogens is 316 g/mol. The number of likely N-dealkylation sites (N-methyl/N-ethyl adjacent to an activating group) is 1. The highest BCUT2D eigenvalue weighted by atomic mass is 16.5. The molecule has 0 spiro atoms. The minimum Gasteiger partial charge on any atom is -0.372 e. The Kier molecular flexibility index (Phi) is 7.91. The summed E-state index contributed by atoms with van der Waals surface area (Å²) in [6, 6.07) is 0.0924. The van der Waals surface area contributed by atoms with Gasteiger partial charge in [0.2, 0.25) is 5.91 Å². The van der Waals surface area contributed by atoms with E-state index in [-0.39, 0.29) is 29.2 Å². The topological polar surface area (TPSA) is 49.9 Å². The maximum Gasteiger partial charge on any atom is 0.251 e. The van der Waals surface area contributed by atoms with Crippen LogP contribution in [-0.4, -0.2) is 61.0 Å². The lowest BCUT2D eigenvalue weighted by Gasteiger charge is -2.31. The highest BCUT2D eigenvalue weighted by Gasteiger charge is 2.45. The van der Waals surface area contributed by atoms with E-state index in [1.54, 1.807) is 12.0 Å². The molecule has 0 aromatic heterocycles. The predicted octanol–water partition coefficient (Wildman–Crippen LogP) is 3.18. The molecule has 0 aliphatic heterocycles. The van der Waals surface area contributed by atoms with Crippen molar-refractivity contribution < 1.29 is 14.3 Å². The van der Waals surface area contributed by atoms with E-state index in [9.17, 15) is 9.59 Å². The summed E-state index contributed by atoms with van der Waals surface area (Å²) >= 11 is 0. The van der Waals surface area contributed by atoms with Gasteiger partial charge in [-0.3, -0.25) is 9.59 Å². The van der Waals surface area contributed by atoms with Crippen molar-refractivity contribution in [3.63, 3.8) is 0 Å². The molecule has 1 aliphatic rings. The van der Waals surface area contributed by atoms with E-state index in [2.05, 4.69) is 20.8 Å². The zero-order chi connectivity index (χ0) is 19.4. The van der Waals surface area contributed by atoms with Gasteiger partial charge >= 0.3 is 0 Å². The molecule has 5 nitrogen and oxygen atoms in total. The zero-order valence-electron chi connectivity index (χ0n) is 17.5. The second-order valence-corrected chi connectivity index (χ2v) is 8.88. The van der Waals surface area contributed by atoms with E-state index < -0.39 is 6.10 Å². The Morgan fingerprint density at radius 2 is 1.80 bits per heavy atom. The molecule has 1 saturated carbocycles. The molecule has 1 aliphatic carbocycles. The highest BCUT2D eigenvalue weighted by molar-refractivity contribution is 5.82. The van der Waals surface area contributed by atoms with Crippen molar-refractivity contribution in [2.75, 3.05) is 27.2 Å². The van der Waals surface area contributed by atoms with Crippen molar-refractivity contribution in [1.29, 1.82) is 0 Å². The van der Waals surface area contributed by atoms with E-state index in [0.717, 1.165) is 12.8 Å². The number of hydrogen-bond donors (Lipinski definition) is 0. The summed E-state index contributed by atoms with van der Waals surface area (Å²) < 4.78 is 5.28. The van der Waals surface area contributed by atoms with Crippen LogP contribution in [0.2, 0.25) is 0 Å². The van der Waals surface area contributed by atoms with Gasteiger partial charge in [-0.05, 0) is 44.4 Å². The SMILES string of the molecule is CCC(OC)C(=O)N(CCN(C)C(=O)[C@@H]1C[C@H]1CC(C)(C)C)C(C)C. The van der Waals surface area contributed by atoms with Crippen LogP contribution in [0.1, 0.15) is 60.8 Å². The third kappa shape index (κ3) is 6.61. The molecule has 0 aromatic carbocycles. The van der Waals surface area contributed by atoms with Crippen LogP contribution in [0.5, 0.6) is 0 Å². The van der Waals surface area contributed by atoms with Gasteiger partial charge in [0.15, 0.2) is 0 Å². The number of carbonyl (C=O) groups excluding carboxylic acids is 2. The van der Waals surface area contributed by atoms with Crippen molar-refractivity contribution in [2.24, 2.45) is 17.3 Å². The minimum atomic E-state index is -0.400. The monoisotopic (exact) mass is 354 g/mol. The normalized spacial score (nSPS) is 21.2. The van der Waals surface area contributed by atoms with Gasteiger partial charge in [-0.25, -0.2) is 0 Å². The number of rotatable bonds is 9. The van der Waals surface area contributed by atoms with E-state index in [1.807, 2.05) is 32.7 Å². The van der Waals surface area contributed by atoms with Gasteiger partial charge < -0.3 is 14.5 Å². The average molecular weight is 355 g/mol. The van der Waals surface area contributed by atoms with Crippen LogP contribution < -0.4 is 0 Å². The fourth-order valence-electron chi connectivity index (χ4n) is 3.46. The molecule has 0 bridgehead atoms. The standard InChI is InChI=1S/C20H38N2O3/c1-9-17(25-8)19(24)22(14(2)3)11-10-21(7)18(23)16-12-15(16)13-20(4,5)6/h14-17H,9-13H2,1-8H3/t15-,16+,17?/m0/s1. The number of hydrogen-bond acceptors (Lipinski definition) is 3. The minimum absolute atomic E-state index is 0.0119. The smallest absolute Gasteiger partial charge is 0.251 e. The summed E-state index contributed by atoms with van der Waals surface area (Å²) in [6.45, 7) is 13.7. The molecule has 1 rings (SSSR count). The molecule has 25 heavy (non-hydrogen) atoms. The fourth-order valence-corrected chi connectivity index (χ4v) is 3.46. The highest BCUT2D eigenvalue weighted by Crippen LogP contribution is 2.46. The molecule has 146 valence electrons. The second kappa shape index (κ2) is 9.02. The number of nitrogens with zero attached hydrogens (tertiary/aromatic N) is 2. The van der Waals surface area contributed by atoms with Gasteiger partial charge in [-0.2, -0.15) is 0 Å². The summed E-state index contributed by atoms with van der Waals surface area (Å²) in [4.78, 5) is 28.8. The maximum absolute atomic E-state index is 12.6. The van der Waals surface area contributed by atoms with Crippen molar-refractivity contribution in [3.05, 3.63) is 0 Å². The maximum atomic E-state index is 12.6. The van der Waals surface area contributed by atoms with Crippen LogP contribution in [0.15, 0.2) is 0 Å². The third-order valence-corrected chi connectivity index (χ3v) is 5.00. The molecule has 3 atom stereocenters. The number of amides is 2. The first-order valence-corrected chi connectivity index (χ1v) is 9.60. The van der Waals surface area contributed by atoms with Crippen LogP contribution in [0, 0.1) is 17.3 Å². The van der Waals surface area contributed by atoms with Crippen molar-refractivity contribution in [3.8, 4) is 0 Å². The first-order valence-electron chi connectivity index (χ1n) is 9.60. The van der Waals surface area contributed by atoms with Crippen LogP contribution in [-0.2, 0) is 14.3 Å². The van der Waals surface area contributed by atoms with Crippen molar-refractivity contribution in [2.45, 2.75) is 73.0 Å². The van der Waals surface area contributed by atoms with Crippen LogP contribution in [0.4, 0.5) is 0 Å². The predicted molar refractivity (Wildman–Crippen MR) is 101 cm³/mol. The van der Waals surface area contributed by atoms with Gasteiger partial charge in [0, 0.05) is 39.2 Å². The Hall–Kier alpha value is -1.10. The van der Waals surface area contributed by atoms with Crippen LogP contribution >= 0.6 is 0 Å². The Morgan fingerprint density at radius 3 is 2.24 bits per heavy atom. The molecule has 0 N–H and O–H groups in total. The molecule has 2 amide bonds. The largest absolute Gasteiger partial charge is 0.372 e. The Bertz CT molecular complexity index is 452. The Labute approximate surface area is 154 Å². The third-order valence-electron chi connectivity index (χ3n) is 5.00. The van der Waals surface area contributed by atoms with Gasteiger partial charge in [-0.15, -0.1) is 0 Å². The lowest BCUT2D eigenvalue weighted by atomic mass is 9.89. The summed E-state index contributed by atoms with van der Waals surface area (Å²) in [5.41, 5.74) is 0.272. The van der Waals surface area contributed by atoms with Gasteiger partial charge in [0.1, 0.15) is 6.10 Å². The first kappa shape index (κ1) is 21.9. The van der Waals surface area contributed by atoms with Gasteiger partial charge in [0.25, 0.3) is 5.91 Å². The zero-order valence-corrected chi connectivity index (χ0v) is 17.5. The number of carbonyl (C=O) groups is 2. The van der Waals surface area contributed by atoms with E-state index in [0.29, 0.717) is 25.4 Å². The van der Waals surface area contributed by atoms with Crippen LogP contribution in [0.25, 0.3) is 0 Å². The lowest BCUT2D eigenvalue weighted by molar-refractivity contribution is -0.145. The van der Waals surface area contributed by atoms with Crippen molar-refractivity contribution >= 4 is 11.8 Å². The molecule has 0 radical (unpaired) electrons. The Balaban J connectivity index is 2.54. The molecule has 5 heteroatoms. The second-order valence-electron chi connectivity index (χ2n) is 8.88. The van der Waals surface area contributed by atoms with E-state index in [1.165, 1.54) is 0 Å². The van der Waals surface area contributed by atoms with Gasteiger partial charge in [-0.1, -0.05) is 27.7 Å². The molecule has 0 saturated heterocycles. The fraction of sp³-hybridized carbons (Fsp3) is 0.900. The first-order chi connectivity index (χ1) is 11.5. The summed E-state index contributed by atoms with van der Waals surface area (Å²) in [6.07, 6.45) is 2.36. The quantitative estimate of drug-likeness (QED) is 0.639. The summed E-state index contributed by atoms with van der Waals surface area (Å²) in [5.74, 6) is 0.938. The Morgan fingerprint density at radius 1 is 1.20 bits per heavy atom.